The largest absolute Gasteiger partial charge is 0.496 e. The SMILES string of the molecule is COc1ccc(Br)cc1CNC(=O)c1ccc(N2CCCC2)c(NS(=O)(=O)c2ccc(C)cc2)c1. The van der Waals surface area contributed by atoms with Gasteiger partial charge in [0.05, 0.1) is 23.4 Å². The molecule has 0 atom stereocenters. The number of benzene rings is 3. The summed E-state index contributed by atoms with van der Waals surface area (Å²) < 4.78 is 35.2. The minimum Gasteiger partial charge on any atom is -0.496 e. The maximum Gasteiger partial charge on any atom is 0.261 e. The number of sulfonamides is 1. The Morgan fingerprint density at radius 1 is 1.03 bits per heavy atom. The maximum absolute atomic E-state index is 13.1. The van der Waals surface area contributed by atoms with Crippen LogP contribution < -0.4 is 19.7 Å². The number of aryl methyl sites for hydroxylation is 1. The minimum atomic E-state index is -3.82. The second kappa shape index (κ2) is 10.7. The highest BCUT2D eigenvalue weighted by Gasteiger charge is 2.22. The van der Waals surface area contributed by atoms with E-state index in [4.69, 9.17) is 4.74 Å². The molecule has 0 bridgehead atoms. The third kappa shape index (κ3) is 5.97. The van der Waals surface area contributed by atoms with E-state index in [1.54, 1.807) is 43.5 Å². The van der Waals surface area contributed by atoms with Gasteiger partial charge >= 0.3 is 0 Å². The van der Waals surface area contributed by atoms with E-state index in [2.05, 4.69) is 30.9 Å². The molecule has 184 valence electrons. The monoisotopic (exact) mass is 557 g/mol. The lowest BCUT2D eigenvalue weighted by Crippen LogP contribution is -2.25. The number of carbonyl (C=O) groups excluding carboxylic acids is 1. The van der Waals surface area contributed by atoms with Gasteiger partial charge in [0.25, 0.3) is 15.9 Å². The average Bonchev–Trinajstić information content (AvgIpc) is 3.37. The molecule has 3 aromatic rings. The van der Waals surface area contributed by atoms with E-state index in [1.165, 1.54) is 0 Å². The molecule has 0 spiro atoms. The summed E-state index contributed by atoms with van der Waals surface area (Å²) in [5.74, 6) is 0.361. The van der Waals surface area contributed by atoms with E-state index in [0.717, 1.165) is 47.2 Å². The Hall–Kier alpha value is -3.04. The number of halogens is 1. The molecule has 1 fully saturated rings. The fourth-order valence-electron chi connectivity index (χ4n) is 4.08. The zero-order chi connectivity index (χ0) is 25.0. The van der Waals surface area contributed by atoms with E-state index in [9.17, 15) is 13.2 Å². The molecule has 0 aliphatic carbocycles. The van der Waals surface area contributed by atoms with Gasteiger partial charge in [0, 0.05) is 35.2 Å². The summed E-state index contributed by atoms with van der Waals surface area (Å²) in [5, 5.41) is 2.90. The fourth-order valence-corrected chi connectivity index (χ4v) is 5.55. The van der Waals surface area contributed by atoms with E-state index in [1.807, 2.05) is 31.2 Å². The first-order valence-corrected chi connectivity index (χ1v) is 13.6. The number of amides is 1. The zero-order valence-corrected chi connectivity index (χ0v) is 22.1. The van der Waals surface area contributed by atoms with Crippen LogP contribution in [0.4, 0.5) is 11.4 Å². The topological polar surface area (TPSA) is 87.7 Å². The van der Waals surface area contributed by atoms with Gasteiger partial charge in [0.15, 0.2) is 0 Å². The molecule has 0 aromatic heterocycles. The molecule has 1 amide bonds. The fraction of sp³-hybridized carbons (Fsp3) is 0.269. The molecule has 9 heteroatoms. The predicted molar refractivity (Wildman–Crippen MR) is 142 cm³/mol. The highest BCUT2D eigenvalue weighted by molar-refractivity contribution is 9.10. The lowest BCUT2D eigenvalue weighted by molar-refractivity contribution is 0.0950. The van der Waals surface area contributed by atoms with Gasteiger partial charge in [-0.15, -0.1) is 0 Å². The average molecular weight is 558 g/mol. The third-order valence-electron chi connectivity index (χ3n) is 5.96. The number of hydrogen-bond donors (Lipinski definition) is 2. The predicted octanol–water partition coefficient (Wildman–Crippen LogP) is 5.10. The normalized spacial score (nSPS) is 13.5. The Morgan fingerprint density at radius 2 is 1.74 bits per heavy atom. The maximum atomic E-state index is 13.1. The van der Waals surface area contributed by atoms with Gasteiger partial charge in [-0.2, -0.15) is 0 Å². The third-order valence-corrected chi connectivity index (χ3v) is 7.84. The Kier molecular flexibility index (Phi) is 7.66. The highest BCUT2D eigenvalue weighted by Crippen LogP contribution is 2.32. The van der Waals surface area contributed by atoms with Crippen molar-refractivity contribution in [2.24, 2.45) is 0 Å². The van der Waals surface area contributed by atoms with E-state index in [-0.39, 0.29) is 17.3 Å². The van der Waals surface area contributed by atoms with Crippen LogP contribution in [0.15, 0.2) is 70.0 Å². The van der Waals surface area contributed by atoms with Gasteiger partial charge in [-0.05, 0) is 68.3 Å². The van der Waals surface area contributed by atoms with E-state index < -0.39 is 10.0 Å². The number of rotatable bonds is 8. The Bertz CT molecular complexity index is 1320. The van der Waals surface area contributed by atoms with Crippen LogP contribution >= 0.6 is 15.9 Å². The van der Waals surface area contributed by atoms with Crippen molar-refractivity contribution in [2.45, 2.75) is 31.2 Å². The number of carbonyl (C=O) groups is 1. The van der Waals surface area contributed by atoms with Crippen LogP contribution in [0, 0.1) is 6.92 Å². The Balaban J connectivity index is 1.60. The van der Waals surface area contributed by atoms with Gasteiger partial charge in [-0.1, -0.05) is 33.6 Å². The molecular weight excluding hydrogens is 530 g/mol. The molecule has 1 aliphatic rings. The van der Waals surface area contributed by atoms with Crippen LogP contribution in [0.1, 0.15) is 34.3 Å². The first-order valence-electron chi connectivity index (χ1n) is 11.4. The number of methoxy groups -OCH3 is 1. The molecule has 2 N–H and O–H groups in total. The number of ether oxygens (including phenoxy) is 1. The second-order valence-corrected chi connectivity index (χ2v) is 11.1. The molecule has 1 aliphatic heterocycles. The molecule has 7 nitrogen and oxygen atoms in total. The van der Waals surface area contributed by atoms with Crippen molar-refractivity contribution < 1.29 is 17.9 Å². The number of nitrogens with zero attached hydrogens (tertiary/aromatic N) is 1. The molecule has 1 saturated heterocycles. The van der Waals surface area contributed by atoms with Gasteiger partial charge in [-0.25, -0.2) is 8.42 Å². The van der Waals surface area contributed by atoms with Crippen molar-refractivity contribution in [2.75, 3.05) is 29.8 Å². The van der Waals surface area contributed by atoms with Crippen LogP contribution in [0.25, 0.3) is 0 Å². The van der Waals surface area contributed by atoms with Crippen LogP contribution in [0.5, 0.6) is 5.75 Å². The second-order valence-electron chi connectivity index (χ2n) is 8.48. The molecule has 4 rings (SSSR count). The van der Waals surface area contributed by atoms with Crippen molar-refractivity contribution in [1.82, 2.24) is 5.32 Å². The number of nitrogens with one attached hydrogen (secondary N) is 2. The summed E-state index contributed by atoms with van der Waals surface area (Å²) in [6, 6.07) is 17.4. The van der Waals surface area contributed by atoms with Crippen molar-refractivity contribution in [3.63, 3.8) is 0 Å². The summed E-state index contributed by atoms with van der Waals surface area (Å²) in [4.78, 5) is 15.3. The minimum absolute atomic E-state index is 0.173. The molecular formula is C26H28BrN3O4S. The van der Waals surface area contributed by atoms with Crippen LogP contribution in [-0.2, 0) is 16.6 Å². The Labute approximate surface area is 214 Å². The van der Waals surface area contributed by atoms with Gasteiger partial charge in [0.1, 0.15) is 5.75 Å². The lowest BCUT2D eigenvalue weighted by Gasteiger charge is -2.23. The van der Waals surface area contributed by atoms with Crippen molar-refractivity contribution in [1.29, 1.82) is 0 Å². The molecule has 0 radical (unpaired) electrons. The lowest BCUT2D eigenvalue weighted by atomic mass is 10.1. The van der Waals surface area contributed by atoms with Crippen molar-refractivity contribution in [3.8, 4) is 5.75 Å². The van der Waals surface area contributed by atoms with Gasteiger partial charge in [0.2, 0.25) is 0 Å². The molecule has 1 heterocycles. The summed E-state index contributed by atoms with van der Waals surface area (Å²) in [6.45, 7) is 3.85. The molecule has 0 saturated carbocycles. The standard InChI is InChI=1S/C26H28BrN3O4S/c1-18-5-9-22(10-6-18)35(32,33)29-23-16-19(7-11-24(23)30-13-3-4-14-30)26(31)28-17-20-15-21(27)8-12-25(20)34-2/h5-12,15-16,29H,3-4,13-14,17H2,1-2H3,(H,28,31). The summed E-state index contributed by atoms with van der Waals surface area (Å²) in [6.07, 6.45) is 2.09. The summed E-state index contributed by atoms with van der Waals surface area (Å²) >= 11 is 3.44. The van der Waals surface area contributed by atoms with Crippen LogP contribution in [-0.4, -0.2) is 34.5 Å². The summed E-state index contributed by atoms with van der Waals surface area (Å²) in [7, 11) is -2.24. The van der Waals surface area contributed by atoms with E-state index >= 15 is 0 Å². The quantitative estimate of drug-likeness (QED) is 0.402. The first-order chi connectivity index (χ1) is 16.8. The molecule has 35 heavy (non-hydrogen) atoms. The van der Waals surface area contributed by atoms with Crippen molar-refractivity contribution >= 4 is 43.2 Å². The van der Waals surface area contributed by atoms with Crippen molar-refractivity contribution in [3.05, 3.63) is 81.8 Å². The summed E-state index contributed by atoms with van der Waals surface area (Å²) in [5.41, 5.74) is 3.32. The smallest absolute Gasteiger partial charge is 0.261 e. The molecule has 0 unspecified atom stereocenters. The van der Waals surface area contributed by atoms with Gasteiger partial charge < -0.3 is 15.0 Å². The van der Waals surface area contributed by atoms with Gasteiger partial charge in [-0.3, -0.25) is 9.52 Å². The number of anilines is 2. The Morgan fingerprint density at radius 3 is 2.43 bits per heavy atom. The van der Waals surface area contributed by atoms with E-state index in [0.29, 0.717) is 17.0 Å². The first kappa shape index (κ1) is 25.1. The zero-order valence-electron chi connectivity index (χ0n) is 19.7. The molecule has 3 aromatic carbocycles. The van der Waals surface area contributed by atoms with Crippen LogP contribution in [0.3, 0.4) is 0 Å². The highest BCUT2D eigenvalue weighted by atomic mass is 79.9. The number of hydrogen-bond acceptors (Lipinski definition) is 5. The van der Waals surface area contributed by atoms with Crippen LogP contribution in [0.2, 0.25) is 0 Å².